The van der Waals surface area contributed by atoms with E-state index >= 15 is 0 Å². The fourth-order valence-electron chi connectivity index (χ4n) is 2.12. The van der Waals surface area contributed by atoms with Crippen LogP contribution in [-0.2, 0) is 10.0 Å². The van der Waals surface area contributed by atoms with Gasteiger partial charge in [-0.1, -0.05) is 6.07 Å². The largest absolute Gasteiger partial charge is 0.454 e. The molecule has 0 saturated heterocycles. The molecule has 1 unspecified atom stereocenters. The van der Waals surface area contributed by atoms with Gasteiger partial charge in [-0.2, -0.15) is 0 Å². The number of hydrogen-bond acceptors (Lipinski definition) is 5. The number of sulfonamides is 1. The average molecular weight is 299 g/mol. The van der Waals surface area contributed by atoms with Crippen LogP contribution < -0.4 is 14.2 Å². The Morgan fingerprint density at radius 3 is 2.80 bits per heavy atom. The van der Waals surface area contributed by atoms with Crippen molar-refractivity contribution in [3.05, 3.63) is 23.8 Å². The van der Waals surface area contributed by atoms with E-state index in [0.717, 1.165) is 12.8 Å². The van der Waals surface area contributed by atoms with E-state index < -0.39 is 16.1 Å². The Labute approximate surface area is 117 Å². The minimum absolute atomic E-state index is 0.191. The Kier molecular flexibility index (Phi) is 3.57. The first kappa shape index (κ1) is 13.7. The van der Waals surface area contributed by atoms with Crippen molar-refractivity contribution in [2.75, 3.05) is 13.3 Å². The van der Waals surface area contributed by atoms with Crippen molar-refractivity contribution in [1.29, 1.82) is 0 Å². The summed E-state index contributed by atoms with van der Waals surface area (Å²) in [4.78, 5) is 0. The fourth-order valence-corrected chi connectivity index (χ4v) is 3.52. The molecule has 1 atom stereocenters. The van der Waals surface area contributed by atoms with Gasteiger partial charge < -0.3 is 14.6 Å². The molecule has 0 amide bonds. The minimum atomic E-state index is -3.18. The predicted molar refractivity (Wildman–Crippen MR) is 72.1 cm³/mol. The van der Waals surface area contributed by atoms with Crippen LogP contribution in [0.2, 0.25) is 0 Å². The summed E-state index contributed by atoms with van der Waals surface area (Å²) in [5.41, 5.74) is 0.694. The molecule has 20 heavy (non-hydrogen) atoms. The van der Waals surface area contributed by atoms with E-state index in [4.69, 9.17) is 9.47 Å². The third kappa shape index (κ3) is 2.89. The monoisotopic (exact) mass is 299 g/mol. The van der Waals surface area contributed by atoms with Crippen LogP contribution in [0.1, 0.15) is 30.9 Å². The summed E-state index contributed by atoms with van der Waals surface area (Å²) in [5.74, 6) is 1.27. The highest BCUT2D eigenvalue weighted by Crippen LogP contribution is 2.34. The lowest BCUT2D eigenvalue weighted by atomic mass is 10.1. The van der Waals surface area contributed by atoms with Crippen LogP contribution in [-0.4, -0.2) is 32.1 Å². The summed E-state index contributed by atoms with van der Waals surface area (Å²) in [5, 5.41) is 9.84. The highest BCUT2D eigenvalue weighted by Gasteiger charge is 2.35. The summed E-state index contributed by atoms with van der Waals surface area (Å²) in [6, 6.07) is 5.23. The van der Waals surface area contributed by atoms with Crippen LogP contribution in [0.15, 0.2) is 18.2 Å². The molecule has 1 fully saturated rings. The highest BCUT2D eigenvalue weighted by molar-refractivity contribution is 7.90. The standard InChI is InChI=1S/C13H17NO5S/c15-11(5-6-14-20(16,17)10-2-3-10)9-1-4-12-13(7-9)19-8-18-12/h1,4,7,10-11,14-15H,2-3,5-6,8H2. The molecule has 1 saturated carbocycles. The fraction of sp³-hybridized carbons (Fsp3) is 0.538. The lowest BCUT2D eigenvalue weighted by Gasteiger charge is -2.12. The van der Waals surface area contributed by atoms with Crippen molar-refractivity contribution in [3.8, 4) is 11.5 Å². The van der Waals surface area contributed by atoms with Gasteiger partial charge in [0.2, 0.25) is 16.8 Å². The van der Waals surface area contributed by atoms with E-state index in [1.807, 2.05) is 0 Å². The molecule has 1 aromatic rings. The zero-order chi connectivity index (χ0) is 14.2. The molecule has 0 radical (unpaired) electrons. The molecule has 7 heteroatoms. The van der Waals surface area contributed by atoms with Crippen LogP contribution in [0.3, 0.4) is 0 Å². The van der Waals surface area contributed by atoms with Gasteiger partial charge in [-0.05, 0) is 37.0 Å². The van der Waals surface area contributed by atoms with E-state index in [0.29, 0.717) is 23.5 Å². The number of ether oxygens (including phenoxy) is 2. The second-order valence-corrected chi connectivity index (χ2v) is 7.10. The molecule has 2 aliphatic rings. The molecule has 110 valence electrons. The van der Waals surface area contributed by atoms with Crippen molar-refractivity contribution in [2.24, 2.45) is 0 Å². The molecule has 1 aliphatic carbocycles. The molecule has 0 bridgehead atoms. The van der Waals surface area contributed by atoms with Gasteiger partial charge >= 0.3 is 0 Å². The van der Waals surface area contributed by atoms with Crippen molar-refractivity contribution in [1.82, 2.24) is 4.72 Å². The van der Waals surface area contributed by atoms with Gasteiger partial charge in [0.05, 0.1) is 11.4 Å². The normalized spacial score (nSPS) is 19.1. The number of aliphatic hydroxyl groups excluding tert-OH is 1. The molecule has 3 rings (SSSR count). The number of hydrogen-bond donors (Lipinski definition) is 2. The number of rotatable bonds is 6. The number of nitrogens with one attached hydrogen (secondary N) is 1. The smallest absolute Gasteiger partial charge is 0.231 e. The van der Waals surface area contributed by atoms with Crippen LogP contribution in [0.4, 0.5) is 0 Å². The molecule has 1 aromatic carbocycles. The Morgan fingerprint density at radius 2 is 2.05 bits per heavy atom. The SMILES string of the molecule is O=S(=O)(NCCC(O)c1ccc2c(c1)OCO2)C1CC1. The van der Waals surface area contributed by atoms with Crippen molar-refractivity contribution >= 4 is 10.0 Å². The van der Waals surface area contributed by atoms with Crippen molar-refractivity contribution in [3.63, 3.8) is 0 Å². The van der Waals surface area contributed by atoms with Crippen LogP contribution in [0, 0.1) is 0 Å². The third-order valence-electron chi connectivity index (χ3n) is 3.47. The van der Waals surface area contributed by atoms with Gasteiger partial charge in [-0.3, -0.25) is 0 Å². The summed E-state index contributed by atoms with van der Waals surface area (Å²) in [6.45, 7) is 0.421. The summed E-state index contributed by atoms with van der Waals surface area (Å²) in [7, 11) is -3.18. The molecule has 6 nitrogen and oxygen atoms in total. The van der Waals surface area contributed by atoms with Gasteiger partial charge in [-0.25, -0.2) is 13.1 Å². The molecule has 2 N–H and O–H groups in total. The maximum Gasteiger partial charge on any atom is 0.231 e. The first-order valence-corrected chi connectivity index (χ1v) is 8.17. The Balaban J connectivity index is 1.55. The molecule has 1 heterocycles. The van der Waals surface area contributed by atoms with E-state index in [2.05, 4.69) is 4.72 Å². The molecule has 0 aromatic heterocycles. The quantitative estimate of drug-likeness (QED) is 0.816. The summed E-state index contributed by atoms with van der Waals surface area (Å²) >= 11 is 0. The third-order valence-corrected chi connectivity index (χ3v) is 5.42. The average Bonchev–Trinajstić information content (AvgIpc) is 3.17. The number of fused-ring (bicyclic) bond motifs is 1. The topological polar surface area (TPSA) is 84.9 Å². The van der Waals surface area contributed by atoms with E-state index in [9.17, 15) is 13.5 Å². The zero-order valence-corrected chi connectivity index (χ0v) is 11.7. The maximum absolute atomic E-state index is 11.6. The first-order chi connectivity index (χ1) is 9.56. The summed E-state index contributed by atoms with van der Waals surface area (Å²) in [6.07, 6.45) is 1.07. The van der Waals surface area contributed by atoms with Crippen LogP contribution in [0.25, 0.3) is 0 Å². The van der Waals surface area contributed by atoms with E-state index in [1.165, 1.54) is 0 Å². The predicted octanol–water partition coefficient (Wildman–Crippen LogP) is 0.921. The zero-order valence-electron chi connectivity index (χ0n) is 10.9. The van der Waals surface area contributed by atoms with Gasteiger partial charge in [-0.15, -0.1) is 0 Å². The van der Waals surface area contributed by atoms with E-state index in [1.54, 1.807) is 18.2 Å². The first-order valence-electron chi connectivity index (χ1n) is 6.62. The van der Waals surface area contributed by atoms with Crippen LogP contribution >= 0.6 is 0 Å². The molecule has 0 spiro atoms. The van der Waals surface area contributed by atoms with E-state index in [-0.39, 0.29) is 18.6 Å². The number of aliphatic hydroxyl groups is 1. The van der Waals surface area contributed by atoms with Crippen molar-refractivity contribution in [2.45, 2.75) is 30.6 Å². The van der Waals surface area contributed by atoms with Crippen molar-refractivity contribution < 1.29 is 23.0 Å². The molecular weight excluding hydrogens is 282 g/mol. The minimum Gasteiger partial charge on any atom is -0.454 e. The van der Waals surface area contributed by atoms with Gasteiger partial charge in [0.15, 0.2) is 11.5 Å². The number of benzene rings is 1. The van der Waals surface area contributed by atoms with Gasteiger partial charge in [0, 0.05) is 6.54 Å². The summed E-state index contributed by atoms with van der Waals surface area (Å²) < 4.78 is 36.2. The lowest BCUT2D eigenvalue weighted by Crippen LogP contribution is -2.29. The Morgan fingerprint density at radius 1 is 1.30 bits per heavy atom. The Hall–Kier alpha value is -1.31. The lowest BCUT2D eigenvalue weighted by molar-refractivity contribution is 0.166. The Bertz CT molecular complexity index is 597. The van der Waals surface area contributed by atoms with Crippen LogP contribution in [0.5, 0.6) is 11.5 Å². The van der Waals surface area contributed by atoms with Gasteiger partial charge in [0.1, 0.15) is 0 Å². The molecule has 1 aliphatic heterocycles. The second-order valence-electron chi connectivity index (χ2n) is 5.06. The van der Waals surface area contributed by atoms with Gasteiger partial charge in [0.25, 0.3) is 0 Å². The molecular formula is C13H17NO5S. The maximum atomic E-state index is 11.6. The highest BCUT2D eigenvalue weighted by atomic mass is 32.2. The second kappa shape index (κ2) is 5.23.